The number of benzene rings is 2. The molecule has 1 heterocycles. The molecule has 0 bridgehead atoms. The predicted molar refractivity (Wildman–Crippen MR) is 122 cm³/mol. The first-order valence-electron chi connectivity index (χ1n) is 10.6. The zero-order valence-electron chi connectivity index (χ0n) is 19.8. The van der Waals surface area contributed by atoms with Crippen molar-refractivity contribution in [3.63, 3.8) is 0 Å². The van der Waals surface area contributed by atoms with Crippen LogP contribution in [0.15, 0.2) is 36.4 Å². The van der Waals surface area contributed by atoms with Gasteiger partial charge in [-0.1, -0.05) is 31.5 Å². The SMILES string of the molecule is COc1cc(OC)c(C(C)C)cc1-c1nnc(C(=O)NC(C)C(F)(F)F)n1-c1ccc(C)cc1. The molecule has 0 radical (unpaired) electrons. The molecule has 3 aromatic rings. The molecule has 1 N–H and O–H groups in total. The molecule has 7 nitrogen and oxygen atoms in total. The van der Waals surface area contributed by atoms with Gasteiger partial charge in [-0.3, -0.25) is 9.36 Å². The lowest BCUT2D eigenvalue weighted by atomic mass is 9.98. The van der Waals surface area contributed by atoms with E-state index in [0.717, 1.165) is 18.1 Å². The van der Waals surface area contributed by atoms with Crippen LogP contribution in [-0.2, 0) is 0 Å². The van der Waals surface area contributed by atoms with E-state index < -0.39 is 18.1 Å². The average Bonchev–Trinajstić information content (AvgIpc) is 3.22. The Balaban J connectivity index is 2.24. The fraction of sp³-hybridized carbons (Fsp3) is 0.375. The van der Waals surface area contributed by atoms with Crippen LogP contribution in [0.3, 0.4) is 0 Å². The fourth-order valence-corrected chi connectivity index (χ4v) is 3.44. The van der Waals surface area contributed by atoms with Crippen molar-refractivity contribution in [2.24, 2.45) is 0 Å². The molecule has 3 rings (SSSR count). The summed E-state index contributed by atoms with van der Waals surface area (Å²) in [5.41, 5.74) is 2.87. The van der Waals surface area contributed by atoms with E-state index in [-0.39, 0.29) is 17.6 Å². The molecule has 0 aliphatic carbocycles. The third-order valence-electron chi connectivity index (χ3n) is 5.41. The van der Waals surface area contributed by atoms with Gasteiger partial charge >= 0.3 is 6.18 Å². The van der Waals surface area contributed by atoms with E-state index in [1.165, 1.54) is 11.7 Å². The number of ether oxygens (including phenoxy) is 2. The Morgan fingerprint density at radius 3 is 2.15 bits per heavy atom. The number of carbonyl (C=O) groups excluding carboxylic acids is 1. The van der Waals surface area contributed by atoms with Crippen molar-refractivity contribution in [2.45, 2.75) is 45.8 Å². The fourth-order valence-electron chi connectivity index (χ4n) is 3.44. The average molecular weight is 476 g/mol. The van der Waals surface area contributed by atoms with Crippen LogP contribution >= 0.6 is 0 Å². The van der Waals surface area contributed by atoms with Crippen LogP contribution in [0, 0.1) is 6.92 Å². The summed E-state index contributed by atoms with van der Waals surface area (Å²) in [6.07, 6.45) is -4.60. The van der Waals surface area contributed by atoms with E-state index in [2.05, 4.69) is 10.2 Å². The van der Waals surface area contributed by atoms with E-state index in [9.17, 15) is 18.0 Å². The van der Waals surface area contributed by atoms with Crippen LogP contribution in [-0.4, -0.2) is 47.1 Å². The van der Waals surface area contributed by atoms with Crippen LogP contribution in [0.1, 0.15) is 48.4 Å². The molecule has 1 aromatic heterocycles. The van der Waals surface area contributed by atoms with E-state index >= 15 is 0 Å². The largest absolute Gasteiger partial charge is 0.496 e. The minimum Gasteiger partial charge on any atom is -0.496 e. The number of rotatable bonds is 7. The Kier molecular flexibility index (Phi) is 7.18. The van der Waals surface area contributed by atoms with Crippen LogP contribution in [0.25, 0.3) is 17.1 Å². The predicted octanol–water partition coefficient (Wildman–Crippen LogP) is 5.06. The maximum atomic E-state index is 13.1. The Bertz CT molecular complexity index is 1170. The van der Waals surface area contributed by atoms with Crippen molar-refractivity contribution >= 4 is 5.91 Å². The van der Waals surface area contributed by atoms with Crippen molar-refractivity contribution in [3.8, 4) is 28.6 Å². The topological polar surface area (TPSA) is 78.3 Å². The van der Waals surface area contributed by atoms with E-state index in [1.54, 1.807) is 25.3 Å². The second kappa shape index (κ2) is 9.74. The Hall–Kier alpha value is -3.56. The third kappa shape index (κ3) is 5.00. The Morgan fingerprint density at radius 2 is 1.62 bits per heavy atom. The maximum Gasteiger partial charge on any atom is 0.408 e. The van der Waals surface area contributed by atoms with Crippen LogP contribution < -0.4 is 14.8 Å². The molecule has 182 valence electrons. The van der Waals surface area contributed by atoms with Gasteiger partial charge in [-0.05, 0) is 43.5 Å². The first-order chi connectivity index (χ1) is 16.0. The first-order valence-corrected chi connectivity index (χ1v) is 10.6. The van der Waals surface area contributed by atoms with Crippen molar-refractivity contribution < 1.29 is 27.4 Å². The number of nitrogens with zero attached hydrogens (tertiary/aromatic N) is 3. The summed E-state index contributed by atoms with van der Waals surface area (Å²) >= 11 is 0. The maximum absolute atomic E-state index is 13.1. The highest BCUT2D eigenvalue weighted by atomic mass is 19.4. The van der Waals surface area contributed by atoms with Gasteiger partial charge in [0.15, 0.2) is 5.82 Å². The normalized spacial score (nSPS) is 12.5. The standard InChI is InChI=1S/C24H27F3N4O3/c1-13(2)17-11-18(20(34-6)12-19(17)33-5)21-29-30-22(23(32)28-15(4)24(25,26)27)31(21)16-9-7-14(3)8-10-16/h7-13,15H,1-6H3,(H,28,32). The summed E-state index contributed by atoms with van der Waals surface area (Å²) in [7, 11) is 3.04. The first kappa shape index (κ1) is 25.1. The summed E-state index contributed by atoms with van der Waals surface area (Å²) in [5.74, 6) is 0.0899. The lowest BCUT2D eigenvalue weighted by molar-refractivity contribution is -0.149. The highest BCUT2D eigenvalue weighted by Crippen LogP contribution is 2.39. The monoisotopic (exact) mass is 476 g/mol. The molecule has 34 heavy (non-hydrogen) atoms. The lowest BCUT2D eigenvalue weighted by Crippen LogP contribution is -2.43. The molecule has 1 unspecified atom stereocenters. The van der Waals surface area contributed by atoms with E-state index in [1.807, 2.05) is 44.3 Å². The van der Waals surface area contributed by atoms with Gasteiger partial charge in [0.25, 0.3) is 5.91 Å². The summed E-state index contributed by atoms with van der Waals surface area (Å²) in [6, 6.07) is 8.61. The summed E-state index contributed by atoms with van der Waals surface area (Å²) < 4.78 is 51.7. The van der Waals surface area contributed by atoms with Gasteiger partial charge in [0.1, 0.15) is 17.5 Å². The van der Waals surface area contributed by atoms with Gasteiger partial charge in [0, 0.05) is 11.8 Å². The molecule has 10 heteroatoms. The smallest absolute Gasteiger partial charge is 0.408 e. The van der Waals surface area contributed by atoms with Crippen molar-refractivity contribution in [2.75, 3.05) is 14.2 Å². The van der Waals surface area contributed by atoms with Gasteiger partial charge in [-0.15, -0.1) is 10.2 Å². The molecule has 1 atom stereocenters. The highest BCUT2D eigenvalue weighted by molar-refractivity contribution is 5.92. The number of methoxy groups -OCH3 is 2. The van der Waals surface area contributed by atoms with Crippen molar-refractivity contribution in [3.05, 3.63) is 53.3 Å². The van der Waals surface area contributed by atoms with Gasteiger partial charge < -0.3 is 14.8 Å². The lowest BCUT2D eigenvalue weighted by Gasteiger charge is -2.19. The van der Waals surface area contributed by atoms with Gasteiger partial charge in [-0.25, -0.2) is 0 Å². The molecule has 0 saturated carbocycles. The molecular formula is C24H27F3N4O3. The van der Waals surface area contributed by atoms with E-state index in [4.69, 9.17) is 9.47 Å². The van der Waals surface area contributed by atoms with Gasteiger partial charge in [0.2, 0.25) is 5.82 Å². The minimum atomic E-state index is -4.60. The Labute approximate surface area is 195 Å². The molecule has 0 saturated heterocycles. The van der Waals surface area contributed by atoms with Crippen molar-refractivity contribution in [1.29, 1.82) is 0 Å². The number of aryl methyl sites for hydroxylation is 1. The number of carbonyl (C=O) groups is 1. The van der Waals surface area contributed by atoms with Crippen LogP contribution in [0.4, 0.5) is 13.2 Å². The number of amides is 1. The summed E-state index contributed by atoms with van der Waals surface area (Å²) in [5, 5.41) is 10.1. The molecular weight excluding hydrogens is 449 g/mol. The highest BCUT2D eigenvalue weighted by Gasteiger charge is 2.38. The molecule has 0 aliphatic rings. The van der Waals surface area contributed by atoms with Gasteiger partial charge in [0.05, 0.1) is 19.8 Å². The number of halogens is 3. The Morgan fingerprint density at radius 1 is 1.00 bits per heavy atom. The van der Waals surface area contributed by atoms with E-state index in [0.29, 0.717) is 22.7 Å². The molecule has 2 aromatic carbocycles. The van der Waals surface area contributed by atoms with Crippen LogP contribution in [0.5, 0.6) is 11.5 Å². The number of hydrogen-bond acceptors (Lipinski definition) is 5. The second-order valence-electron chi connectivity index (χ2n) is 8.20. The number of aromatic nitrogens is 3. The van der Waals surface area contributed by atoms with Crippen LogP contribution in [0.2, 0.25) is 0 Å². The van der Waals surface area contributed by atoms with Gasteiger partial charge in [-0.2, -0.15) is 13.2 Å². The number of hydrogen-bond donors (Lipinski definition) is 1. The molecule has 0 fully saturated rings. The second-order valence-corrected chi connectivity index (χ2v) is 8.20. The molecule has 0 spiro atoms. The molecule has 1 amide bonds. The zero-order valence-corrected chi connectivity index (χ0v) is 19.8. The minimum absolute atomic E-state index is 0.0887. The summed E-state index contributed by atoms with van der Waals surface area (Å²) in [6.45, 7) is 6.76. The summed E-state index contributed by atoms with van der Waals surface area (Å²) in [4.78, 5) is 12.9. The molecule has 0 aliphatic heterocycles. The number of nitrogens with one attached hydrogen (secondary N) is 1. The zero-order chi connectivity index (χ0) is 25.2. The number of alkyl halides is 3. The third-order valence-corrected chi connectivity index (χ3v) is 5.41. The quantitative estimate of drug-likeness (QED) is 0.516. The van der Waals surface area contributed by atoms with Crippen molar-refractivity contribution in [1.82, 2.24) is 20.1 Å².